The molecule has 0 spiro atoms. The van der Waals surface area contributed by atoms with Gasteiger partial charge in [-0.05, 0) is 25.8 Å². The molecular formula is C11H17N3O3. The fourth-order valence-electron chi connectivity index (χ4n) is 2.21. The molecule has 0 aromatic carbocycles. The zero-order valence-electron chi connectivity index (χ0n) is 9.81. The van der Waals surface area contributed by atoms with Gasteiger partial charge in [-0.15, -0.1) is 0 Å². The molecule has 3 N–H and O–H groups in total. The summed E-state index contributed by atoms with van der Waals surface area (Å²) < 4.78 is 10.7. The Labute approximate surface area is 99.1 Å². The lowest BCUT2D eigenvalue weighted by atomic mass is 10.1. The van der Waals surface area contributed by atoms with Crippen molar-refractivity contribution < 1.29 is 9.47 Å². The number of rotatable bonds is 4. The number of ether oxygens (including phenoxy) is 2. The monoisotopic (exact) mass is 239 g/mol. The predicted octanol–water partition coefficient (Wildman–Crippen LogP) is 0.285. The zero-order chi connectivity index (χ0) is 12.3. The Morgan fingerprint density at radius 3 is 3.12 bits per heavy atom. The third-order valence-electron chi connectivity index (χ3n) is 3.14. The second-order valence-electron chi connectivity index (χ2n) is 4.15. The molecule has 0 amide bonds. The molecule has 0 saturated heterocycles. The van der Waals surface area contributed by atoms with E-state index in [9.17, 15) is 4.79 Å². The van der Waals surface area contributed by atoms with Crippen molar-refractivity contribution in [3.05, 3.63) is 16.7 Å². The van der Waals surface area contributed by atoms with Gasteiger partial charge in [0.15, 0.2) is 0 Å². The molecule has 6 nitrogen and oxygen atoms in total. The van der Waals surface area contributed by atoms with Crippen LogP contribution in [-0.4, -0.2) is 29.7 Å². The molecule has 2 rings (SSSR count). The largest absolute Gasteiger partial charge is 0.487 e. The van der Waals surface area contributed by atoms with Crippen LogP contribution in [0.2, 0.25) is 0 Å². The third kappa shape index (κ3) is 2.41. The average molecular weight is 239 g/mol. The lowest BCUT2D eigenvalue weighted by Gasteiger charge is -2.19. The highest BCUT2D eigenvalue weighted by atomic mass is 16.5. The Hall–Kier alpha value is -1.56. The molecule has 17 heavy (non-hydrogen) atoms. The quantitative estimate of drug-likeness (QED) is 0.787. The van der Waals surface area contributed by atoms with Crippen molar-refractivity contribution in [1.82, 2.24) is 9.97 Å². The van der Waals surface area contributed by atoms with Gasteiger partial charge in [0.05, 0.1) is 13.4 Å². The second kappa shape index (κ2) is 5.18. The van der Waals surface area contributed by atoms with Gasteiger partial charge < -0.3 is 20.2 Å². The van der Waals surface area contributed by atoms with Gasteiger partial charge in [-0.25, -0.2) is 4.98 Å². The summed E-state index contributed by atoms with van der Waals surface area (Å²) in [7, 11) is 1.42. The summed E-state index contributed by atoms with van der Waals surface area (Å²) in [6.45, 7) is 0.593. The third-order valence-corrected chi connectivity index (χ3v) is 3.14. The number of hydrogen-bond acceptors (Lipinski definition) is 5. The molecule has 2 unspecified atom stereocenters. The SMILES string of the molecule is COc1c(OC2CCCC2CN)nc[nH]c1=O. The first-order chi connectivity index (χ1) is 8.26. The summed E-state index contributed by atoms with van der Waals surface area (Å²) >= 11 is 0. The van der Waals surface area contributed by atoms with Gasteiger partial charge in [-0.2, -0.15) is 0 Å². The van der Waals surface area contributed by atoms with E-state index < -0.39 is 0 Å². The van der Waals surface area contributed by atoms with E-state index in [-0.39, 0.29) is 23.3 Å². The van der Waals surface area contributed by atoms with E-state index in [1.165, 1.54) is 13.4 Å². The highest BCUT2D eigenvalue weighted by molar-refractivity contribution is 5.29. The first kappa shape index (κ1) is 11.9. The van der Waals surface area contributed by atoms with E-state index in [0.29, 0.717) is 12.5 Å². The van der Waals surface area contributed by atoms with Crippen molar-refractivity contribution in [2.24, 2.45) is 11.7 Å². The van der Waals surface area contributed by atoms with Crippen LogP contribution in [0.1, 0.15) is 19.3 Å². The standard InChI is InChI=1S/C11H17N3O3/c1-16-9-10(15)13-6-14-11(9)17-8-4-2-3-7(8)5-12/h6-8H,2-5,12H2,1H3,(H,13,14,15). The van der Waals surface area contributed by atoms with Crippen LogP contribution < -0.4 is 20.8 Å². The number of nitrogens with zero attached hydrogens (tertiary/aromatic N) is 1. The molecule has 1 aliphatic rings. The van der Waals surface area contributed by atoms with Crippen LogP contribution in [0, 0.1) is 5.92 Å². The van der Waals surface area contributed by atoms with Crippen LogP contribution in [0.3, 0.4) is 0 Å². The predicted molar refractivity (Wildman–Crippen MR) is 62.2 cm³/mol. The first-order valence-corrected chi connectivity index (χ1v) is 5.74. The minimum absolute atomic E-state index is 0.0307. The highest BCUT2D eigenvalue weighted by Crippen LogP contribution is 2.30. The molecule has 6 heteroatoms. The van der Waals surface area contributed by atoms with Gasteiger partial charge >= 0.3 is 0 Å². The number of H-pyrrole nitrogens is 1. The topological polar surface area (TPSA) is 90.2 Å². The molecule has 1 aromatic rings. The summed E-state index contributed by atoms with van der Waals surface area (Å²) in [4.78, 5) is 17.9. The normalized spacial score (nSPS) is 23.6. The molecule has 0 bridgehead atoms. The number of aromatic nitrogens is 2. The van der Waals surface area contributed by atoms with Crippen molar-refractivity contribution in [1.29, 1.82) is 0 Å². The Morgan fingerprint density at radius 2 is 2.41 bits per heavy atom. The van der Waals surface area contributed by atoms with Crippen LogP contribution in [-0.2, 0) is 0 Å². The van der Waals surface area contributed by atoms with E-state index in [4.69, 9.17) is 15.2 Å². The minimum atomic E-state index is -0.334. The maximum atomic E-state index is 11.5. The maximum absolute atomic E-state index is 11.5. The molecule has 1 fully saturated rings. The minimum Gasteiger partial charge on any atom is -0.487 e. The Bertz CT molecular complexity index is 432. The number of nitrogens with one attached hydrogen (secondary N) is 1. The molecule has 1 saturated carbocycles. The van der Waals surface area contributed by atoms with E-state index in [1.54, 1.807) is 0 Å². The van der Waals surface area contributed by atoms with Gasteiger partial charge in [0.25, 0.3) is 11.4 Å². The molecule has 1 aliphatic carbocycles. The molecule has 1 heterocycles. The van der Waals surface area contributed by atoms with Crippen LogP contribution in [0.25, 0.3) is 0 Å². The lowest BCUT2D eigenvalue weighted by Crippen LogP contribution is -2.28. The van der Waals surface area contributed by atoms with Gasteiger partial charge in [0.1, 0.15) is 6.10 Å². The summed E-state index contributed by atoms with van der Waals surface area (Å²) in [5, 5.41) is 0. The van der Waals surface area contributed by atoms with Crippen LogP contribution in [0.4, 0.5) is 0 Å². The molecule has 1 aromatic heterocycles. The molecule has 0 aliphatic heterocycles. The molecule has 0 radical (unpaired) electrons. The number of aromatic amines is 1. The fourth-order valence-corrected chi connectivity index (χ4v) is 2.21. The van der Waals surface area contributed by atoms with Crippen LogP contribution >= 0.6 is 0 Å². The van der Waals surface area contributed by atoms with Gasteiger partial charge in [0, 0.05) is 5.92 Å². The van der Waals surface area contributed by atoms with Gasteiger partial charge in [-0.1, -0.05) is 0 Å². The molecule has 94 valence electrons. The van der Waals surface area contributed by atoms with Crippen molar-refractivity contribution in [3.63, 3.8) is 0 Å². The van der Waals surface area contributed by atoms with E-state index in [0.717, 1.165) is 19.3 Å². The zero-order valence-corrected chi connectivity index (χ0v) is 9.81. The number of methoxy groups -OCH3 is 1. The summed E-state index contributed by atoms with van der Waals surface area (Å²) in [6, 6.07) is 0. The van der Waals surface area contributed by atoms with E-state index in [2.05, 4.69) is 9.97 Å². The summed E-state index contributed by atoms with van der Waals surface area (Å²) in [6.07, 6.45) is 4.44. The van der Waals surface area contributed by atoms with Crippen LogP contribution in [0.5, 0.6) is 11.6 Å². The summed E-state index contributed by atoms with van der Waals surface area (Å²) in [5.74, 6) is 0.706. The van der Waals surface area contributed by atoms with Gasteiger partial charge in [0.2, 0.25) is 5.75 Å². The number of nitrogens with two attached hydrogens (primary N) is 1. The van der Waals surface area contributed by atoms with Crippen molar-refractivity contribution >= 4 is 0 Å². The van der Waals surface area contributed by atoms with Crippen LogP contribution in [0.15, 0.2) is 11.1 Å². The van der Waals surface area contributed by atoms with Crippen molar-refractivity contribution in [3.8, 4) is 11.6 Å². The van der Waals surface area contributed by atoms with E-state index in [1.807, 2.05) is 0 Å². The molecule has 2 atom stereocenters. The van der Waals surface area contributed by atoms with Crippen molar-refractivity contribution in [2.75, 3.05) is 13.7 Å². The first-order valence-electron chi connectivity index (χ1n) is 5.74. The average Bonchev–Trinajstić information content (AvgIpc) is 2.77. The van der Waals surface area contributed by atoms with Crippen molar-refractivity contribution in [2.45, 2.75) is 25.4 Å². The second-order valence-corrected chi connectivity index (χ2v) is 4.15. The Balaban J connectivity index is 2.18. The maximum Gasteiger partial charge on any atom is 0.297 e. The molecular weight excluding hydrogens is 222 g/mol. The smallest absolute Gasteiger partial charge is 0.297 e. The Kier molecular flexibility index (Phi) is 3.63. The van der Waals surface area contributed by atoms with Gasteiger partial charge in [-0.3, -0.25) is 4.79 Å². The lowest BCUT2D eigenvalue weighted by molar-refractivity contribution is 0.148. The Morgan fingerprint density at radius 1 is 1.59 bits per heavy atom. The fraction of sp³-hybridized carbons (Fsp3) is 0.636. The summed E-state index contributed by atoms with van der Waals surface area (Å²) in [5.41, 5.74) is 5.35. The van der Waals surface area contributed by atoms with E-state index >= 15 is 0 Å². The number of hydrogen-bond donors (Lipinski definition) is 2. The highest BCUT2D eigenvalue weighted by Gasteiger charge is 2.29.